The number of carbonyl (C=O) groups is 1. The lowest BCUT2D eigenvalue weighted by atomic mass is 10.2. The maximum Gasteiger partial charge on any atom is 0.339 e. The summed E-state index contributed by atoms with van der Waals surface area (Å²) < 4.78 is 8.15. The van der Waals surface area contributed by atoms with Gasteiger partial charge in [-0.2, -0.15) is 0 Å². The Morgan fingerprint density at radius 3 is 2.86 bits per heavy atom. The van der Waals surface area contributed by atoms with Gasteiger partial charge in [0.05, 0.1) is 11.3 Å². The van der Waals surface area contributed by atoms with Gasteiger partial charge in [-0.25, -0.2) is 9.78 Å². The van der Waals surface area contributed by atoms with Crippen LogP contribution in [0.1, 0.15) is 21.6 Å². The van der Waals surface area contributed by atoms with E-state index in [0.29, 0.717) is 5.56 Å². The first-order chi connectivity index (χ1) is 10.1. The van der Waals surface area contributed by atoms with Crippen LogP contribution in [0.3, 0.4) is 0 Å². The third kappa shape index (κ3) is 3.07. The van der Waals surface area contributed by atoms with Gasteiger partial charge in [-0.3, -0.25) is 0 Å². The van der Waals surface area contributed by atoms with Crippen molar-refractivity contribution in [3.8, 4) is 0 Å². The summed E-state index contributed by atoms with van der Waals surface area (Å²) in [5.74, 6) is -0.326. The number of halogens is 1. The van der Waals surface area contributed by atoms with E-state index in [9.17, 15) is 4.79 Å². The van der Waals surface area contributed by atoms with Gasteiger partial charge < -0.3 is 9.14 Å². The zero-order chi connectivity index (χ0) is 14.8. The molecule has 0 spiro atoms. The minimum atomic E-state index is -0.326. The Kier molecular flexibility index (Phi) is 3.92. The molecule has 106 valence electrons. The number of hydrogen-bond donors (Lipinski definition) is 0. The van der Waals surface area contributed by atoms with E-state index in [2.05, 4.69) is 27.6 Å². The van der Waals surface area contributed by atoms with E-state index < -0.39 is 0 Å². The minimum Gasteiger partial charge on any atom is -0.455 e. The first kappa shape index (κ1) is 14.1. The number of carbonyl (C=O) groups excluding carboxylic acids is 1. The monoisotopic (exact) mass is 392 g/mol. The lowest BCUT2D eigenvalue weighted by molar-refractivity contribution is 0.0467. The third-order valence-corrected chi connectivity index (χ3v) is 4.03. The Balaban J connectivity index is 1.74. The summed E-state index contributed by atoms with van der Waals surface area (Å²) >= 11 is 2.12. The molecule has 0 saturated heterocycles. The summed E-state index contributed by atoms with van der Waals surface area (Å²) in [7, 11) is 0. The largest absolute Gasteiger partial charge is 0.455 e. The summed E-state index contributed by atoms with van der Waals surface area (Å²) in [4.78, 5) is 16.5. The molecule has 0 bridgehead atoms. The second-order valence-electron chi connectivity index (χ2n) is 4.76. The molecule has 3 aromatic rings. The van der Waals surface area contributed by atoms with Crippen molar-refractivity contribution in [1.29, 1.82) is 0 Å². The van der Waals surface area contributed by atoms with E-state index in [1.807, 2.05) is 54.0 Å². The van der Waals surface area contributed by atoms with E-state index in [-0.39, 0.29) is 12.6 Å². The van der Waals surface area contributed by atoms with Crippen molar-refractivity contribution < 1.29 is 9.53 Å². The molecule has 0 radical (unpaired) electrons. The fourth-order valence-corrected chi connectivity index (χ4v) is 2.68. The van der Waals surface area contributed by atoms with Gasteiger partial charge in [0, 0.05) is 16.0 Å². The van der Waals surface area contributed by atoms with E-state index in [1.165, 1.54) is 0 Å². The number of pyridine rings is 1. The fraction of sp³-hybridized carbons (Fsp3) is 0.125. The minimum absolute atomic E-state index is 0.171. The van der Waals surface area contributed by atoms with Crippen LogP contribution in [0, 0.1) is 10.5 Å². The molecule has 2 aromatic heterocycles. The smallest absolute Gasteiger partial charge is 0.339 e. The van der Waals surface area contributed by atoms with E-state index in [0.717, 1.165) is 20.5 Å². The van der Waals surface area contributed by atoms with Crippen LogP contribution in [0.25, 0.3) is 5.65 Å². The Morgan fingerprint density at radius 2 is 2.05 bits per heavy atom. The maximum atomic E-state index is 12.0. The number of aromatic nitrogens is 2. The van der Waals surface area contributed by atoms with Gasteiger partial charge in [-0.1, -0.05) is 18.2 Å². The van der Waals surface area contributed by atoms with Crippen LogP contribution in [0.5, 0.6) is 0 Å². The molecule has 2 heterocycles. The van der Waals surface area contributed by atoms with Crippen molar-refractivity contribution in [3.63, 3.8) is 0 Å². The predicted octanol–water partition coefficient (Wildman–Crippen LogP) is 3.60. The second kappa shape index (κ2) is 5.85. The number of ether oxygens (including phenoxy) is 1. The van der Waals surface area contributed by atoms with Crippen LogP contribution in [0.15, 0.2) is 48.8 Å². The van der Waals surface area contributed by atoms with Crippen molar-refractivity contribution in [2.75, 3.05) is 0 Å². The molecule has 0 aliphatic heterocycles. The molecule has 0 N–H and O–H groups in total. The number of fused-ring (bicyclic) bond motifs is 1. The molecule has 0 saturated carbocycles. The number of imidazole rings is 1. The highest BCUT2D eigenvalue weighted by atomic mass is 127. The highest BCUT2D eigenvalue weighted by Crippen LogP contribution is 2.14. The van der Waals surface area contributed by atoms with Gasteiger partial charge in [0.15, 0.2) is 0 Å². The van der Waals surface area contributed by atoms with Gasteiger partial charge in [0.2, 0.25) is 0 Å². The Labute approximate surface area is 135 Å². The first-order valence-corrected chi connectivity index (χ1v) is 7.57. The Hall–Kier alpha value is -1.89. The van der Waals surface area contributed by atoms with E-state index in [1.54, 1.807) is 6.07 Å². The predicted molar refractivity (Wildman–Crippen MR) is 88.2 cm³/mol. The number of benzene rings is 1. The molecule has 21 heavy (non-hydrogen) atoms. The fourth-order valence-electron chi connectivity index (χ4n) is 2.07. The zero-order valence-corrected chi connectivity index (χ0v) is 13.6. The SMILES string of the molecule is Cc1ccc2nc(COC(=O)c3ccccc3I)cn2c1. The summed E-state index contributed by atoms with van der Waals surface area (Å²) in [5, 5.41) is 0. The van der Waals surface area contributed by atoms with Gasteiger partial charge in [-0.05, 0) is 53.3 Å². The van der Waals surface area contributed by atoms with Gasteiger partial charge in [0.25, 0.3) is 0 Å². The first-order valence-electron chi connectivity index (χ1n) is 6.49. The lowest BCUT2D eigenvalue weighted by Crippen LogP contribution is -2.07. The van der Waals surface area contributed by atoms with Crippen LogP contribution in [0.2, 0.25) is 0 Å². The Morgan fingerprint density at radius 1 is 1.24 bits per heavy atom. The van der Waals surface area contributed by atoms with Crippen LogP contribution in [-0.4, -0.2) is 15.4 Å². The molecule has 3 rings (SSSR count). The van der Waals surface area contributed by atoms with Crippen molar-refractivity contribution in [2.24, 2.45) is 0 Å². The van der Waals surface area contributed by atoms with Crippen molar-refractivity contribution in [1.82, 2.24) is 9.38 Å². The number of nitrogens with zero attached hydrogens (tertiary/aromatic N) is 2. The molecule has 0 aliphatic rings. The molecule has 0 atom stereocenters. The molecule has 4 nitrogen and oxygen atoms in total. The highest BCUT2D eigenvalue weighted by Gasteiger charge is 2.11. The van der Waals surface area contributed by atoms with Gasteiger partial charge in [-0.15, -0.1) is 0 Å². The van der Waals surface area contributed by atoms with Crippen LogP contribution in [-0.2, 0) is 11.3 Å². The summed E-state index contributed by atoms with van der Waals surface area (Å²) in [6.07, 6.45) is 3.87. The Bertz CT molecular complexity index is 811. The number of rotatable bonds is 3. The number of aryl methyl sites for hydroxylation is 1. The average molecular weight is 392 g/mol. The van der Waals surface area contributed by atoms with Crippen molar-refractivity contribution in [2.45, 2.75) is 13.5 Å². The highest BCUT2D eigenvalue weighted by molar-refractivity contribution is 14.1. The van der Waals surface area contributed by atoms with E-state index in [4.69, 9.17) is 4.74 Å². The van der Waals surface area contributed by atoms with Gasteiger partial charge >= 0.3 is 5.97 Å². The average Bonchev–Trinajstić information content (AvgIpc) is 2.87. The molecule has 0 fully saturated rings. The van der Waals surface area contributed by atoms with Crippen molar-refractivity contribution in [3.05, 3.63) is 69.2 Å². The van der Waals surface area contributed by atoms with E-state index >= 15 is 0 Å². The summed E-state index contributed by atoms with van der Waals surface area (Å²) in [5.41, 5.74) is 3.32. The van der Waals surface area contributed by atoms with Crippen LogP contribution >= 0.6 is 22.6 Å². The summed E-state index contributed by atoms with van der Waals surface area (Å²) in [6, 6.07) is 11.3. The number of hydrogen-bond acceptors (Lipinski definition) is 3. The quantitative estimate of drug-likeness (QED) is 0.506. The topological polar surface area (TPSA) is 43.6 Å². The number of esters is 1. The molecular weight excluding hydrogens is 379 g/mol. The normalized spacial score (nSPS) is 10.8. The van der Waals surface area contributed by atoms with Gasteiger partial charge in [0.1, 0.15) is 12.3 Å². The van der Waals surface area contributed by atoms with Crippen LogP contribution < -0.4 is 0 Å². The standard InChI is InChI=1S/C16H13IN2O2/c1-11-6-7-15-18-12(9-19(15)8-11)10-21-16(20)13-4-2-3-5-14(13)17/h2-9H,10H2,1H3. The van der Waals surface area contributed by atoms with Crippen LogP contribution in [0.4, 0.5) is 0 Å². The molecule has 5 heteroatoms. The summed E-state index contributed by atoms with van der Waals surface area (Å²) in [6.45, 7) is 2.20. The molecule has 1 aromatic carbocycles. The zero-order valence-electron chi connectivity index (χ0n) is 11.4. The van der Waals surface area contributed by atoms with Crippen molar-refractivity contribution >= 4 is 34.2 Å². The molecule has 0 aliphatic carbocycles. The molecular formula is C16H13IN2O2. The third-order valence-electron chi connectivity index (χ3n) is 3.09. The molecule has 0 amide bonds. The maximum absolute atomic E-state index is 12.0. The molecule has 0 unspecified atom stereocenters. The second-order valence-corrected chi connectivity index (χ2v) is 5.92. The lowest BCUT2D eigenvalue weighted by Gasteiger charge is -2.04.